The first-order valence-corrected chi connectivity index (χ1v) is 4.67. The summed E-state index contributed by atoms with van der Waals surface area (Å²) in [6.45, 7) is 5.18. The predicted molar refractivity (Wildman–Crippen MR) is 58.0 cm³/mol. The van der Waals surface area contributed by atoms with E-state index in [9.17, 15) is 4.79 Å². The van der Waals surface area contributed by atoms with Gasteiger partial charge in [0.2, 0.25) is 0 Å². The number of hydrogen-bond donors (Lipinski definition) is 2. The maximum atomic E-state index is 11.0. The third-order valence-electron chi connectivity index (χ3n) is 2.24. The zero-order chi connectivity index (χ0) is 11.4. The first-order valence-electron chi connectivity index (χ1n) is 4.67. The van der Waals surface area contributed by atoms with Crippen LogP contribution in [0.2, 0.25) is 0 Å². The Morgan fingerprint density at radius 2 is 2.20 bits per heavy atom. The highest BCUT2D eigenvalue weighted by atomic mass is 16.4. The lowest BCUT2D eigenvalue weighted by Gasteiger charge is -2.10. The minimum absolute atomic E-state index is 0.175. The van der Waals surface area contributed by atoms with Gasteiger partial charge in [-0.2, -0.15) is 0 Å². The molecule has 3 nitrogen and oxygen atoms in total. The summed E-state index contributed by atoms with van der Waals surface area (Å²) >= 11 is 0. The summed E-state index contributed by atoms with van der Waals surface area (Å²) in [5.41, 5.74) is 2.36. The van der Waals surface area contributed by atoms with E-state index in [2.05, 4.69) is 6.58 Å². The molecule has 0 amide bonds. The Labute approximate surface area is 88.7 Å². The van der Waals surface area contributed by atoms with Crippen molar-refractivity contribution in [1.82, 2.24) is 0 Å². The molecule has 80 valence electrons. The van der Waals surface area contributed by atoms with Crippen molar-refractivity contribution in [3.05, 3.63) is 47.0 Å². The van der Waals surface area contributed by atoms with Gasteiger partial charge in [0.25, 0.3) is 0 Å². The maximum Gasteiger partial charge on any atom is 0.336 e. The SMILES string of the molecule is C=CCc1cc(C)cc(C(=O)O)c1CO. The van der Waals surface area contributed by atoms with Gasteiger partial charge in [0.1, 0.15) is 0 Å². The molecule has 0 saturated heterocycles. The van der Waals surface area contributed by atoms with E-state index in [1.165, 1.54) is 0 Å². The molecule has 1 aromatic rings. The Morgan fingerprint density at radius 3 is 2.67 bits per heavy atom. The van der Waals surface area contributed by atoms with Crippen LogP contribution in [-0.2, 0) is 13.0 Å². The Balaban J connectivity index is 3.37. The van der Waals surface area contributed by atoms with Gasteiger partial charge in [0.15, 0.2) is 0 Å². The number of aromatic carboxylic acids is 1. The number of aryl methyl sites for hydroxylation is 1. The van der Waals surface area contributed by atoms with Crippen molar-refractivity contribution in [1.29, 1.82) is 0 Å². The third kappa shape index (κ3) is 2.44. The Morgan fingerprint density at radius 1 is 1.53 bits per heavy atom. The summed E-state index contributed by atoms with van der Waals surface area (Å²) in [5.74, 6) is -1.01. The topological polar surface area (TPSA) is 57.5 Å². The Kier molecular flexibility index (Phi) is 3.63. The summed E-state index contributed by atoms with van der Waals surface area (Å²) in [7, 11) is 0. The monoisotopic (exact) mass is 206 g/mol. The van der Waals surface area contributed by atoms with Crippen LogP contribution in [0.1, 0.15) is 27.0 Å². The minimum atomic E-state index is -1.01. The number of hydrogen-bond acceptors (Lipinski definition) is 2. The Hall–Kier alpha value is -1.61. The van der Waals surface area contributed by atoms with Crippen LogP contribution in [0.3, 0.4) is 0 Å². The average Bonchev–Trinajstić information content (AvgIpc) is 2.17. The normalized spacial score (nSPS) is 10.0. The molecule has 0 aromatic heterocycles. The lowest BCUT2D eigenvalue weighted by Crippen LogP contribution is -2.06. The van der Waals surface area contributed by atoms with Gasteiger partial charge in [-0.25, -0.2) is 4.79 Å². The fourth-order valence-corrected chi connectivity index (χ4v) is 1.61. The van der Waals surface area contributed by atoms with Crippen molar-refractivity contribution < 1.29 is 15.0 Å². The highest BCUT2D eigenvalue weighted by Crippen LogP contribution is 2.19. The van der Waals surface area contributed by atoms with Gasteiger partial charge in [0.05, 0.1) is 12.2 Å². The summed E-state index contributed by atoms with van der Waals surface area (Å²) in [5, 5.41) is 18.1. The fourth-order valence-electron chi connectivity index (χ4n) is 1.61. The molecular weight excluding hydrogens is 192 g/mol. The van der Waals surface area contributed by atoms with Gasteiger partial charge < -0.3 is 10.2 Å². The van der Waals surface area contributed by atoms with Crippen LogP contribution < -0.4 is 0 Å². The molecule has 0 bridgehead atoms. The van der Waals surface area contributed by atoms with E-state index in [0.717, 1.165) is 11.1 Å². The summed E-state index contributed by atoms with van der Waals surface area (Å²) in [4.78, 5) is 11.0. The van der Waals surface area contributed by atoms with Crippen molar-refractivity contribution in [2.75, 3.05) is 0 Å². The summed E-state index contributed by atoms with van der Waals surface area (Å²) in [6.07, 6.45) is 2.26. The van der Waals surface area contributed by atoms with E-state index in [4.69, 9.17) is 10.2 Å². The van der Waals surface area contributed by atoms with Gasteiger partial charge in [-0.3, -0.25) is 0 Å². The number of carboxylic acids is 1. The number of carboxylic acid groups (broad SMARTS) is 1. The summed E-state index contributed by atoms with van der Waals surface area (Å²) in [6, 6.07) is 3.44. The molecule has 0 aliphatic rings. The lowest BCUT2D eigenvalue weighted by atomic mass is 9.96. The highest BCUT2D eigenvalue weighted by molar-refractivity contribution is 5.90. The number of aliphatic hydroxyl groups excluding tert-OH is 1. The lowest BCUT2D eigenvalue weighted by molar-refractivity contribution is 0.0693. The zero-order valence-electron chi connectivity index (χ0n) is 8.66. The second kappa shape index (κ2) is 4.75. The van der Waals surface area contributed by atoms with Crippen LogP contribution in [-0.4, -0.2) is 16.2 Å². The van der Waals surface area contributed by atoms with Crippen LogP contribution in [0.25, 0.3) is 0 Å². The van der Waals surface area contributed by atoms with E-state index in [-0.39, 0.29) is 12.2 Å². The van der Waals surface area contributed by atoms with E-state index < -0.39 is 5.97 Å². The van der Waals surface area contributed by atoms with E-state index in [1.54, 1.807) is 12.1 Å². The first kappa shape index (κ1) is 11.5. The molecule has 2 N–H and O–H groups in total. The molecular formula is C12H14O3. The fraction of sp³-hybridized carbons (Fsp3) is 0.250. The quantitative estimate of drug-likeness (QED) is 0.740. The largest absolute Gasteiger partial charge is 0.478 e. The Bertz CT molecular complexity index is 394. The van der Waals surface area contributed by atoms with Crippen LogP contribution in [0, 0.1) is 6.92 Å². The number of rotatable bonds is 4. The van der Waals surface area contributed by atoms with Crippen molar-refractivity contribution in [2.45, 2.75) is 20.0 Å². The first-order chi connectivity index (χ1) is 7.10. The molecule has 1 rings (SSSR count). The number of aliphatic hydroxyl groups is 1. The molecule has 15 heavy (non-hydrogen) atoms. The number of allylic oxidation sites excluding steroid dienone is 1. The summed E-state index contributed by atoms with van der Waals surface area (Å²) < 4.78 is 0. The van der Waals surface area contributed by atoms with Crippen molar-refractivity contribution in [2.24, 2.45) is 0 Å². The smallest absolute Gasteiger partial charge is 0.336 e. The molecule has 0 radical (unpaired) electrons. The van der Waals surface area contributed by atoms with E-state index in [0.29, 0.717) is 12.0 Å². The van der Waals surface area contributed by atoms with Gasteiger partial charge in [0, 0.05) is 0 Å². The van der Waals surface area contributed by atoms with Crippen molar-refractivity contribution in [3.63, 3.8) is 0 Å². The van der Waals surface area contributed by atoms with Crippen molar-refractivity contribution in [3.8, 4) is 0 Å². The van der Waals surface area contributed by atoms with Crippen LogP contribution in [0.15, 0.2) is 24.8 Å². The van der Waals surface area contributed by atoms with Crippen molar-refractivity contribution >= 4 is 5.97 Å². The molecule has 1 aromatic carbocycles. The number of carbonyl (C=O) groups is 1. The molecule has 0 atom stereocenters. The third-order valence-corrected chi connectivity index (χ3v) is 2.24. The molecule has 0 spiro atoms. The molecule has 0 heterocycles. The average molecular weight is 206 g/mol. The van der Waals surface area contributed by atoms with Crippen LogP contribution in [0.5, 0.6) is 0 Å². The van der Waals surface area contributed by atoms with Crippen LogP contribution in [0.4, 0.5) is 0 Å². The molecule has 0 aliphatic heterocycles. The molecule has 0 unspecified atom stereocenters. The van der Waals surface area contributed by atoms with Gasteiger partial charge in [-0.15, -0.1) is 6.58 Å². The number of benzene rings is 1. The highest BCUT2D eigenvalue weighted by Gasteiger charge is 2.13. The molecule has 0 aliphatic carbocycles. The van der Waals surface area contributed by atoms with E-state index >= 15 is 0 Å². The standard InChI is InChI=1S/C12H14O3/c1-3-4-9-5-8(2)6-10(12(14)15)11(9)7-13/h3,5-6,13H,1,4,7H2,2H3,(H,14,15). The molecule has 3 heteroatoms. The zero-order valence-corrected chi connectivity index (χ0v) is 8.66. The van der Waals surface area contributed by atoms with Gasteiger partial charge >= 0.3 is 5.97 Å². The second-order valence-corrected chi connectivity index (χ2v) is 3.41. The van der Waals surface area contributed by atoms with Gasteiger partial charge in [-0.05, 0) is 36.1 Å². The molecule has 0 fully saturated rings. The van der Waals surface area contributed by atoms with Crippen LogP contribution >= 0.6 is 0 Å². The molecule has 0 saturated carbocycles. The van der Waals surface area contributed by atoms with E-state index in [1.807, 2.05) is 13.0 Å². The second-order valence-electron chi connectivity index (χ2n) is 3.41. The minimum Gasteiger partial charge on any atom is -0.478 e. The maximum absolute atomic E-state index is 11.0. The van der Waals surface area contributed by atoms with Gasteiger partial charge in [-0.1, -0.05) is 12.1 Å². The predicted octanol–water partition coefficient (Wildman–Crippen LogP) is 1.91.